The zero-order valence-electron chi connectivity index (χ0n) is 12.5. The Hall–Kier alpha value is -1.89. The number of Topliss-reactive ketones (excluding diaryl/α,β-unsaturated/α-hetero) is 1. The maximum Gasteiger partial charge on any atom is 0.370 e. The summed E-state index contributed by atoms with van der Waals surface area (Å²) in [4.78, 5) is 34.9. The Morgan fingerprint density at radius 1 is 1.38 bits per heavy atom. The van der Waals surface area contributed by atoms with E-state index in [9.17, 15) is 14.4 Å². The second kappa shape index (κ2) is 7.21. The van der Waals surface area contributed by atoms with Gasteiger partial charge in [-0.1, -0.05) is 13.8 Å². The Morgan fingerprint density at radius 2 is 1.95 bits per heavy atom. The smallest absolute Gasteiger partial charge is 0.370 e. The molecular weight excluding hydrogens is 276 g/mol. The fraction of sp³-hybridized carbons (Fsp3) is 0.643. The van der Waals surface area contributed by atoms with Crippen molar-refractivity contribution in [3.05, 3.63) is 11.8 Å². The third-order valence-electron chi connectivity index (χ3n) is 3.59. The quantitative estimate of drug-likeness (QED) is 0.644. The molecule has 0 aromatic carbocycles. The minimum Gasteiger partial charge on any atom is -0.475 e. The highest BCUT2D eigenvalue weighted by Crippen LogP contribution is 2.23. The molecule has 1 rings (SSSR count). The number of ketones is 1. The molecule has 3 atom stereocenters. The number of aliphatic carboxylic acids is 1. The van der Waals surface area contributed by atoms with E-state index < -0.39 is 24.2 Å². The van der Waals surface area contributed by atoms with Crippen LogP contribution in [-0.2, 0) is 19.1 Å². The fourth-order valence-corrected chi connectivity index (χ4v) is 2.42. The van der Waals surface area contributed by atoms with Gasteiger partial charge in [-0.2, -0.15) is 0 Å². The van der Waals surface area contributed by atoms with Crippen LogP contribution in [0.2, 0.25) is 0 Å². The number of hydrogen-bond donors (Lipinski definition) is 3. The summed E-state index contributed by atoms with van der Waals surface area (Å²) in [5.41, 5.74) is 5.88. The van der Waals surface area contributed by atoms with Gasteiger partial charge in [0, 0.05) is 12.8 Å². The molecule has 1 amide bonds. The summed E-state index contributed by atoms with van der Waals surface area (Å²) >= 11 is 0. The molecule has 0 unspecified atom stereocenters. The minimum absolute atomic E-state index is 0.235. The van der Waals surface area contributed by atoms with Crippen LogP contribution in [0.3, 0.4) is 0 Å². The molecular formula is C14H22N2O5. The van der Waals surface area contributed by atoms with Crippen molar-refractivity contribution in [3.8, 4) is 0 Å². The number of carboxylic acids is 1. The van der Waals surface area contributed by atoms with Crippen LogP contribution in [0.1, 0.15) is 33.6 Å². The molecule has 7 nitrogen and oxygen atoms in total. The van der Waals surface area contributed by atoms with E-state index in [0.29, 0.717) is 12.8 Å². The van der Waals surface area contributed by atoms with Gasteiger partial charge in [-0.25, -0.2) is 4.79 Å². The van der Waals surface area contributed by atoms with Crippen molar-refractivity contribution in [2.75, 3.05) is 0 Å². The molecule has 0 bridgehead atoms. The van der Waals surface area contributed by atoms with Crippen LogP contribution >= 0.6 is 0 Å². The van der Waals surface area contributed by atoms with Crippen LogP contribution in [0.25, 0.3) is 0 Å². The van der Waals surface area contributed by atoms with Gasteiger partial charge in [-0.05, 0) is 18.9 Å². The van der Waals surface area contributed by atoms with Crippen molar-refractivity contribution >= 4 is 17.7 Å². The van der Waals surface area contributed by atoms with Crippen molar-refractivity contribution in [2.45, 2.75) is 51.8 Å². The van der Waals surface area contributed by atoms with Gasteiger partial charge in [-0.3, -0.25) is 9.59 Å². The predicted molar refractivity (Wildman–Crippen MR) is 75.3 cm³/mol. The zero-order valence-corrected chi connectivity index (χ0v) is 12.5. The van der Waals surface area contributed by atoms with E-state index in [1.807, 2.05) is 13.8 Å². The van der Waals surface area contributed by atoms with Crippen molar-refractivity contribution in [1.29, 1.82) is 0 Å². The normalized spacial score (nSPS) is 25.0. The van der Waals surface area contributed by atoms with Crippen LogP contribution in [0, 0.1) is 5.92 Å². The molecule has 4 N–H and O–H groups in total. The largest absolute Gasteiger partial charge is 0.475 e. The van der Waals surface area contributed by atoms with E-state index in [1.54, 1.807) is 0 Å². The summed E-state index contributed by atoms with van der Waals surface area (Å²) in [5, 5.41) is 11.6. The number of nitrogens with one attached hydrogen (secondary N) is 1. The van der Waals surface area contributed by atoms with Gasteiger partial charge in [0.05, 0.1) is 12.1 Å². The predicted octanol–water partition coefficient (Wildman–Crippen LogP) is 0.191. The lowest BCUT2D eigenvalue weighted by atomic mass is 9.87. The van der Waals surface area contributed by atoms with E-state index >= 15 is 0 Å². The number of amides is 1. The molecule has 21 heavy (non-hydrogen) atoms. The second-order valence-electron chi connectivity index (χ2n) is 5.09. The SMILES string of the molecule is CCC(CC)C(=O)[C@@H]1OC(C(=O)O)=C[C@H](N)[C@H]1NC(C)=O. The molecule has 0 saturated carbocycles. The highest BCUT2D eigenvalue weighted by atomic mass is 16.5. The highest BCUT2D eigenvalue weighted by Gasteiger charge is 2.41. The summed E-state index contributed by atoms with van der Waals surface area (Å²) in [6, 6.07) is -1.56. The topological polar surface area (TPSA) is 119 Å². The summed E-state index contributed by atoms with van der Waals surface area (Å²) in [6.45, 7) is 5.05. The lowest BCUT2D eigenvalue weighted by Crippen LogP contribution is -2.59. The first-order valence-electron chi connectivity index (χ1n) is 6.99. The molecule has 0 aliphatic carbocycles. The monoisotopic (exact) mass is 298 g/mol. The number of hydrogen-bond acceptors (Lipinski definition) is 5. The Balaban J connectivity index is 3.09. The van der Waals surface area contributed by atoms with Crippen molar-refractivity contribution in [3.63, 3.8) is 0 Å². The summed E-state index contributed by atoms with van der Waals surface area (Å²) in [6.07, 6.45) is 1.36. The molecule has 0 fully saturated rings. The molecule has 1 aliphatic rings. The number of nitrogens with two attached hydrogens (primary N) is 1. The average Bonchev–Trinajstić information content (AvgIpc) is 2.41. The third kappa shape index (κ3) is 4.04. The maximum absolute atomic E-state index is 12.5. The molecule has 0 spiro atoms. The lowest BCUT2D eigenvalue weighted by Gasteiger charge is -2.35. The number of ether oxygens (including phenoxy) is 1. The van der Waals surface area contributed by atoms with Crippen molar-refractivity contribution in [2.24, 2.45) is 11.7 Å². The maximum atomic E-state index is 12.5. The van der Waals surface area contributed by atoms with E-state index in [2.05, 4.69) is 5.32 Å². The number of carbonyl (C=O) groups is 3. The molecule has 1 heterocycles. The van der Waals surface area contributed by atoms with Gasteiger partial charge in [0.1, 0.15) is 0 Å². The van der Waals surface area contributed by atoms with Crippen LogP contribution in [0.5, 0.6) is 0 Å². The molecule has 0 saturated heterocycles. The standard InChI is InChI=1S/C14H22N2O5/c1-4-8(5-2)12(18)13-11(16-7(3)17)9(15)6-10(21-13)14(19)20/h6,8-9,11,13H,4-5,15H2,1-3H3,(H,16,17)(H,19,20)/t9-,11+,13+/m0/s1. The van der Waals surface area contributed by atoms with Crippen molar-refractivity contribution < 1.29 is 24.2 Å². The van der Waals surface area contributed by atoms with Gasteiger partial charge in [0.25, 0.3) is 0 Å². The third-order valence-corrected chi connectivity index (χ3v) is 3.59. The summed E-state index contributed by atoms with van der Waals surface area (Å²) in [5.74, 6) is -2.48. The summed E-state index contributed by atoms with van der Waals surface area (Å²) in [7, 11) is 0. The highest BCUT2D eigenvalue weighted by molar-refractivity contribution is 5.90. The Kier molecular flexibility index (Phi) is 5.90. The Morgan fingerprint density at radius 3 is 2.38 bits per heavy atom. The fourth-order valence-electron chi connectivity index (χ4n) is 2.42. The first kappa shape index (κ1) is 17.2. The molecule has 7 heteroatoms. The van der Waals surface area contributed by atoms with Gasteiger partial charge in [0.15, 0.2) is 11.9 Å². The van der Waals surface area contributed by atoms with E-state index in [4.69, 9.17) is 15.6 Å². The number of rotatable bonds is 6. The first-order valence-corrected chi connectivity index (χ1v) is 6.99. The van der Waals surface area contributed by atoms with Gasteiger partial charge in [-0.15, -0.1) is 0 Å². The molecule has 0 aromatic rings. The number of carboxylic acid groups (broad SMARTS) is 1. The van der Waals surface area contributed by atoms with E-state index in [-0.39, 0.29) is 23.4 Å². The van der Waals surface area contributed by atoms with Crippen LogP contribution in [0.15, 0.2) is 11.8 Å². The minimum atomic E-state index is -1.28. The molecule has 1 aliphatic heterocycles. The van der Waals surface area contributed by atoms with Gasteiger partial charge < -0.3 is 20.9 Å². The van der Waals surface area contributed by atoms with Crippen LogP contribution in [0.4, 0.5) is 0 Å². The van der Waals surface area contributed by atoms with E-state index in [0.717, 1.165) is 0 Å². The molecule has 118 valence electrons. The van der Waals surface area contributed by atoms with Gasteiger partial charge in [0.2, 0.25) is 11.7 Å². The Labute approximate surface area is 123 Å². The van der Waals surface area contributed by atoms with Crippen molar-refractivity contribution in [1.82, 2.24) is 5.32 Å². The number of carbonyl (C=O) groups excluding carboxylic acids is 2. The zero-order chi connectivity index (χ0) is 16.2. The van der Waals surface area contributed by atoms with Crippen LogP contribution in [-0.4, -0.2) is 41.0 Å². The lowest BCUT2D eigenvalue weighted by molar-refractivity contribution is -0.144. The van der Waals surface area contributed by atoms with Crippen LogP contribution < -0.4 is 11.1 Å². The summed E-state index contributed by atoms with van der Waals surface area (Å²) < 4.78 is 5.30. The average molecular weight is 298 g/mol. The Bertz CT molecular complexity index is 456. The first-order chi connectivity index (χ1) is 9.81. The van der Waals surface area contributed by atoms with Gasteiger partial charge >= 0.3 is 5.97 Å². The van der Waals surface area contributed by atoms with E-state index in [1.165, 1.54) is 13.0 Å². The second-order valence-corrected chi connectivity index (χ2v) is 5.09. The molecule has 0 aromatic heterocycles. The molecule has 0 radical (unpaired) electrons.